The topological polar surface area (TPSA) is 93.1 Å². The van der Waals surface area contributed by atoms with Crippen molar-refractivity contribution in [3.8, 4) is 22.6 Å². The van der Waals surface area contributed by atoms with Crippen molar-refractivity contribution >= 4 is 11.9 Å². The van der Waals surface area contributed by atoms with Crippen molar-refractivity contribution in [1.29, 1.82) is 0 Å². The number of aryl methyl sites for hydroxylation is 1. The van der Waals surface area contributed by atoms with Crippen molar-refractivity contribution in [3.63, 3.8) is 0 Å². The highest BCUT2D eigenvalue weighted by Crippen LogP contribution is 2.31. The molecule has 33 heavy (non-hydrogen) atoms. The maximum absolute atomic E-state index is 12.3. The lowest BCUT2D eigenvalue weighted by Gasteiger charge is -2.12. The number of rotatable bonds is 13. The van der Waals surface area contributed by atoms with Crippen molar-refractivity contribution in [3.05, 3.63) is 72.3 Å². The summed E-state index contributed by atoms with van der Waals surface area (Å²) in [6.45, 7) is 8.99. The number of aliphatic hydroxyl groups excluding tert-OH is 2. The van der Waals surface area contributed by atoms with Gasteiger partial charge in [0, 0.05) is 43.3 Å². The van der Waals surface area contributed by atoms with Crippen LogP contribution in [0.1, 0.15) is 44.6 Å². The van der Waals surface area contributed by atoms with E-state index < -0.39 is 11.9 Å². The third-order valence-electron chi connectivity index (χ3n) is 5.06. The highest BCUT2D eigenvalue weighted by Gasteiger charge is 2.15. The van der Waals surface area contributed by atoms with Gasteiger partial charge in [0.05, 0.1) is 0 Å². The van der Waals surface area contributed by atoms with E-state index in [0.29, 0.717) is 5.56 Å². The fourth-order valence-corrected chi connectivity index (χ4v) is 3.13. The molecule has 0 unspecified atom stereocenters. The van der Waals surface area contributed by atoms with Crippen LogP contribution in [0.5, 0.6) is 11.5 Å². The zero-order chi connectivity index (χ0) is 24.2. The van der Waals surface area contributed by atoms with Crippen LogP contribution in [0, 0.1) is 0 Å². The minimum Gasteiger partial charge on any atom is -0.423 e. The molecule has 0 heterocycles. The Morgan fingerprint density at radius 1 is 0.788 bits per heavy atom. The van der Waals surface area contributed by atoms with Gasteiger partial charge < -0.3 is 19.7 Å². The lowest BCUT2D eigenvalue weighted by atomic mass is 10.0. The fraction of sp³-hybridized carbons (Fsp3) is 0.333. The van der Waals surface area contributed by atoms with Gasteiger partial charge in [0.2, 0.25) is 0 Å². The number of carbonyl (C=O) groups is 2. The second kappa shape index (κ2) is 13.4. The van der Waals surface area contributed by atoms with E-state index >= 15 is 0 Å². The van der Waals surface area contributed by atoms with E-state index in [1.54, 1.807) is 12.1 Å². The summed E-state index contributed by atoms with van der Waals surface area (Å²) in [6, 6.07) is 12.8. The van der Waals surface area contributed by atoms with Gasteiger partial charge in [0.25, 0.3) is 0 Å². The van der Waals surface area contributed by atoms with Gasteiger partial charge >= 0.3 is 11.9 Å². The zero-order valence-corrected chi connectivity index (χ0v) is 19.1. The monoisotopic (exact) mass is 452 g/mol. The molecule has 0 amide bonds. The summed E-state index contributed by atoms with van der Waals surface area (Å²) in [4.78, 5) is 24.5. The van der Waals surface area contributed by atoms with Crippen LogP contribution in [0.4, 0.5) is 0 Å². The van der Waals surface area contributed by atoms with E-state index in [-0.39, 0.29) is 48.7 Å². The summed E-state index contributed by atoms with van der Waals surface area (Å²) in [6.07, 6.45) is 4.70. The Hall–Kier alpha value is -3.22. The minimum absolute atomic E-state index is 0.0981. The Bertz CT molecular complexity index is 924. The van der Waals surface area contributed by atoms with Crippen LogP contribution < -0.4 is 9.47 Å². The summed E-state index contributed by atoms with van der Waals surface area (Å²) < 4.78 is 10.8. The molecule has 0 atom stereocenters. The predicted molar refractivity (Wildman–Crippen MR) is 128 cm³/mol. The number of unbranched alkanes of at least 4 members (excludes halogenated alkanes) is 2. The molecule has 0 aromatic heterocycles. The largest absolute Gasteiger partial charge is 0.423 e. The maximum atomic E-state index is 12.3. The second-order valence-corrected chi connectivity index (χ2v) is 7.78. The normalized spacial score (nSPS) is 10.5. The molecule has 0 saturated heterocycles. The van der Waals surface area contributed by atoms with Crippen LogP contribution in [-0.4, -0.2) is 35.4 Å². The number of ether oxygens (including phenoxy) is 2. The molecule has 6 heteroatoms. The van der Waals surface area contributed by atoms with Gasteiger partial charge in [-0.2, -0.15) is 0 Å². The number of carbonyl (C=O) groups excluding carboxylic acids is 2. The molecule has 176 valence electrons. The molecular formula is C27H32O6. The van der Waals surface area contributed by atoms with E-state index in [1.807, 2.05) is 12.1 Å². The number of hydrogen-bond donors (Lipinski definition) is 2. The Morgan fingerprint density at radius 3 is 1.76 bits per heavy atom. The SMILES string of the molecule is C=C(CCO)C(=O)Oc1cc(OC(=O)C(=C)CCO)cc(-c2ccc(CCCCC)cc2)c1. The van der Waals surface area contributed by atoms with Gasteiger partial charge in [-0.3, -0.25) is 0 Å². The van der Waals surface area contributed by atoms with Crippen LogP contribution in [0.3, 0.4) is 0 Å². The summed E-state index contributed by atoms with van der Waals surface area (Å²) in [5.74, 6) is -0.984. The smallest absolute Gasteiger partial charge is 0.338 e. The fourth-order valence-electron chi connectivity index (χ4n) is 3.13. The first kappa shape index (κ1) is 26.0. The van der Waals surface area contributed by atoms with E-state index in [0.717, 1.165) is 18.4 Å². The molecule has 2 aromatic rings. The first-order valence-electron chi connectivity index (χ1n) is 11.1. The van der Waals surface area contributed by atoms with Crippen LogP contribution in [0.15, 0.2) is 66.8 Å². The van der Waals surface area contributed by atoms with Gasteiger partial charge in [0.1, 0.15) is 11.5 Å². The lowest BCUT2D eigenvalue weighted by molar-refractivity contribution is -0.130. The number of hydrogen-bond acceptors (Lipinski definition) is 6. The number of benzene rings is 2. The second-order valence-electron chi connectivity index (χ2n) is 7.78. The van der Waals surface area contributed by atoms with Crippen molar-refractivity contribution in [2.45, 2.75) is 45.4 Å². The van der Waals surface area contributed by atoms with Crippen molar-refractivity contribution in [2.75, 3.05) is 13.2 Å². The van der Waals surface area contributed by atoms with E-state index in [4.69, 9.17) is 19.7 Å². The quantitative estimate of drug-likeness (QED) is 0.197. The van der Waals surface area contributed by atoms with E-state index in [2.05, 4.69) is 32.2 Å². The van der Waals surface area contributed by atoms with E-state index in [1.165, 1.54) is 24.5 Å². The highest BCUT2D eigenvalue weighted by molar-refractivity contribution is 5.91. The molecule has 0 fully saturated rings. The molecule has 0 saturated carbocycles. The highest BCUT2D eigenvalue weighted by atomic mass is 16.5. The van der Waals surface area contributed by atoms with Gasteiger partial charge in [0.15, 0.2) is 0 Å². The Kier molecular flexibility index (Phi) is 10.5. The average molecular weight is 453 g/mol. The average Bonchev–Trinajstić information content (AvgIpc) is 2.79. The third kappa shape index (κ3) is 8.33. The molecule has 6 nitrogen and oxygen atoms in total. The van der Waals surface area contributed by atoms with Crippen LogP contribution in [0.2, 0.25) is 0 Å². The Morgan fingerprint density at radius 2 is 1.30 bits per heavy atom. The van der Waals surface area contributed by atoms with Crippen LogP contribution in [0.25, 0.3) is 11.1 Å². The molecule has 2 rings (SSSR count). The first-order chi connectivity index (χ1) is 15.9. The van der Waals surface area contributed by atoms with Gasteiger partial charge in [-0.05, 0) is 41.7 Å². The predicted octanol–water partition coefficient (Wildman–Crippen LogP) is 4.77. The molecule has 2 aromatic carbocycles. The lowest BCUT2D eigenvalue weighted by Crippen LogP contribution is -2.13. The van der Waals surface area contributed by atoms with Gasteiger partial charge in [-0.1, -0.05) is 57.2 Å². The summed E-state index contributed by atoms with van der Waals surface area (Å²) in [7, 11) is 0. The molecule has 0 aliphatic carbocycles. The minimum atomic E-state index is -0.672. The first-order valence-corrected chi connectivity index (χ1v) is 11.1. The van der Waals surface area contributed by atoms with Crippen molar-refractivity contribution in [1.82, 2.24) is 0 Å². The molecule has 0 aliphatic rings. The maximum Gasteiger partial charge on any atom is 0.338 e. The third-order valence-corrected chi connectivity index (χ3v) is 5.06. The molecule has 0 spiro atoms. The summed E-state index contributed by atoms with van der Waals surface area (Å²) >= 11 is 0. The molecular weight excluding hydrogens is 420 g/mol. The van der Waals surface area contributed by atoms with Crippen molar-refractivity contribution in [2.24, 2.45) is 0 Å². The summed E-state index contributed by atoms with van der Waals surface area (Å²) in [5, 5.41) is 18.0. The molecule has 0 aliphatic heterocycles. The molecule has 0 bridgehead atoms. The number of aliphatic hydroxyl groups is 2. The molecule has 2 N–H and O–H groups in total. The van der Waals surface area contributed by atoms with Gasteiger partial charge in [-0.25, -0.2) is 9.59 Å². The van der Waals surface area contributed by atoms with Crippen molar-refractivity contribution < 1.29 is 29.3 Å². The van der Waals surface area contributed by atoms with Crippen LogP contribution >= 0.6 is 0 Å². The van der Waals surface area contributed by atoms with Gasteiger partial charge in [-0.15, -0.1) is 0 Å². The van der Waals surface area contributed by atoms with E-state index in [9.17, 15) is 9.59 Å². The number of esters is 2. The Balaban J connectivity index is 2.31. The Labute approximate surface area is 195 Å². The standard InChI is InChI=1S/C27H32O6/c1-4-5-6-7-21-8-10-22(11-9-21)23-16-24(32-26(30)19(2)12-14-28)18-25(17-23)33-27(31)20(3)13-15-29/h8-11,16-18,28-29H,2-7,12-15H2,1H3. The summed E-state index contributed by atoms with van der Waals surface area (Å²) in [5.41, 5.74) is 3.07. The van der Waals surface area contributed by atoms with Crippen LogP contribution in [-0.2, 0) is 16.0 Å². The molecule has 0 radical (unpaired) electrons. The zero-order valence-electron chi connectivity index (χ0n) is 19.1.